The summed E-state index contributed by atoms with van der Waals surface area (Å²) in [6, 6.07) is 0. The summed E-state index contributed by atoms with van der Waals surface area (Å²) in [5.41, 5.74) is 0.553. The first kappa shape index (κ1) is 14.3. The summed E-state index contributed by atoms with van der Waals surface area (Å²) in [4.78, 5) is 2.63. The van der Waals surface area contributed by atoms with Gasteiger partial charge in [-0.05, 0) is 37.6 Å². The van der Waals surface area contributed by atoms with E-state index < -0.39 is 0 Å². The molecule has 1 N–H and O–H groups in total. The van der Waals surface area contributed by atoms with Crippen LogP contribution in [0.1, 0.15) is 45.4 Å². The van der Waals surface area contributed by atoms with Crippen molar-refractivity contribution in [2.75, 3.05) is 39.8 Å². The lowest BCUT2D eigenvalue weighted by atomic mass is 9.85. The lowest BCUT2D eigenvalue weighted by Gasteiger charge is -2.34. The molecule has 0 bridgehead atoms. The van der Waals surface area contributed by atoms with E-state index in [4.69, 9.17) is 4.74 Å². The number of likely N-dealkylation sites (tertiary alicyclic amines) is 1. The Balaban J connectivity index is 1.82. The predicted molar refractivity (Wildman–Crippen MR) is 75.9 cm³/mol. The van der Waals surface area contributed by atoms with Crippen molar-refractivity contribution in [3.63, 3.8) is 0 Å². The molecule has 1 saturated carbocycles. The van der Waals surface area contributed by atoms with Gasteiger partial charge in [-0.25, -0.2) is 0 Å². The Morgan fingerprint density at radius 1 is 1.33 bits per heavy atom. The van der Waals surface area contributed by atoms with E-state index in [0.717, 1.165) is 6.54 Å². The Bertz CT molecular complexity index is 239. The number of hydrogen-bond acceptors (Lipinski definition) is 3. The number of nitrogens with zero attached hydrogens (tertiary/aromatic N) is 1. The molecule has 0 aromatic carbocycles. The second-order valence-electron chi connectivity index (χ2n) is 6.27. The maximum absolute atomic E-state index is 5.48. The number of ether oxygens (including phenoxy) is 1. The van der Waals surface area contributed by atoms with E-state index in [2.05, 4.69) is 17.1 Å². The molecule has 1 atom stereocenters. The molecule has 2 fully saturated rings. The zero-order valence-corrected chi connectivity index (χ0v) is 12.2. The molecule has 106 valence electrons. The van der Waals surface area contributed by atoms with Crippen LogP contribution in [0.2, 0.25) is 0 Å². The van der Waals surface area contributed by atoms with Gasteiger partial charge in [0.25, 0.3) is 0 Å². The second-order valence-corrected chi connectivity index (χ2v) is 6.27. The van der Waals surface area contributed by atoms with Crippen LogP contribution < -0.4 is 5.32 Å². The minimum Gasteiger partial charge on any atom is -0.380 e. The maximum atomic E-state index is 5.48. The minimum atomic E-state index is 0.479. The van der Waals surface area contributed by atoms with Crippen LogP contribution in [0.4, 0.5) is 0 Å². The molecule has 0 aromatic rings. The molecule has 3 heteroatoms. The summed E-state index contributed by atoms with van der Waals surface area (Å²) in [5, 5.41) is 3.66. The van der Waals surface area contributed by atoms with Gasteiger partial charge >= 0.3 is 0 Å². The SMILES string of the molecule is CCCNCC1(CN2CCC(OC)C2)CCCC1. The van der Waals surface area contributed by atoms with Gasteiger partial charge in [-0.1, -0.05) is 19.8 Å². The monoisotopic (exact) mass is 254 g/mol. The normalized spacial score (nSPS) is 28.0. The summed E-state index contributed by atoms with van der Waals surface area (Å²) in [6.45, 7) is 8.29. The first-order valence-electron chi connectivity index (χ1n) is 7.74. The Kier molecular flexibility index (Phi) is 5.46. The number of methoxy groups -OCH3 is 1. The second kappa shape index (κ2) is 6.88. The van der Waals surface area contributed by atoms with Crippen LogP contribution in [0, 0.1) is 5.41 Å². The maximum Gasteiger partial charge on any atom is 0.0710 e. The van der Waals surface area contributed by atoms with E-state index in [0.29, 0.717) is 11.5 Å². The Morgan fingerprint density at radius 2 is 2.11 bits per heavy atom. The molecule has 0 amide bonds. The number of hydrogen-bond donors (Lipinski definition) is 1. The van der Waals surface area contributed by atoms with E-state index in [1.807, 2.05) is 7.11 Å². The van der Waals surface area contributed by atoms with Crippen molar-refractivity contribution in [1.82, 2.24) is 10.2 Å². The summed E-state index contributed by atoms with van der Waals surface area (Å²) < 4.78 is 5.48. The molecule has 0 radical (unpaired) electrons. The lowest BCUT2D eigenvalue weighted by molar-refractivity contribution is 0.0970. The third kappa shape index (κ3) is 3.69. The molecule has 0 aromatic heterocycles. The molecule has 2 aliphatic rings. The topological polar surface area (TPSA) is 24.5 Å². The van der Waals surface area contributed by atoms with Crippen LogP contribution in [0.15, 0.2) is 0 Å². The highest BCUT2D eigenvalue weighted by Gasteiger charge is 2.36. The minimum absolute atomic E-state index is 0.479. The third-order valence-electron chi connectivity index (χ3n) is 4.71. The Labute approximate surface area is 112 Å². The Hall–Kier alpha value is -0.120. The van der Waals surface area contributed by atoms with E-state index in [1.165, 1.54) is 64.7 Å². The molecule has 2 rings (SSSR count). The van der Waals surface area contributed by atoms with Crippen LogP contribution in [0.5, 0.6) is 0 Å². The first-order chi connectivity index (χ1) is 8.78. The van der Waals surface area contributed by atoms with E-state index >= 15 is 0 Å². The van der Waals surface area contributed by atoms with Crippen molar-refractivity contribution >= 4 is 0 Å². The Morgan fingerprint density at radius 3 is 2.72 bits per heavy atom. The van der Waals surface area contributed by atoms with Crippen molar-refractivity contribution in [2.24, 2.45) is 5.41 Å². The van der Waals surface area contributed by atoms with Gasteiger partial charge in [-0.15, -0.1) is 0 Å². The summed E-state index contributed by atoms with van der Waals surface area (Å²) in [6.07, 6.45) is 8.62. The van der Waals surface area contributed by atoms with Gasteiger partial charge in [0.2, 0.25) is 0 Å². The average Bonchev–Trinajstić information content (AvgIpc) is 3.00. The molecule has 1 aliphatic heterocycles. The number of rotatable bonds is 7. The van der Waals surface area contributed by atoms with Gasteiger partial charge in [0.05, 0.1) is 6.10 Å². The van der Waals surface area contributed by atoms with Crippen LogP contribution in [-0.2, 0) is 4.74 Å². The fraction of sp³-hybridized carbons (Fsp3) is 1.00. The molecule has 1 unspecified atom stereocenters. The molecule has 3 nitrogen and oxygen atoms in total. The molecule has 0 spiro atoms. The largest absolute Gasteiger partial charge is 0.380 e. The average molecular weight is 254 g/mol. The molecule has 18 heavy (non-hydrogen) atoms. The van der Waals surface area contributed by atoms with Gasteiger partial charge in [-0.3, -0.25) is 0 Å². The highest BCUT2D eigenvalue weighted by Crippen LogP contribution is 2.39. The van der Waals surface area contributed by atoms with Gasteiger partial charge in [-0.2, -0.15) is 0 Å². The number of nitrogens with one attached hydrogen (secondary N) is 1. The highest BCUT2D eigenvalue weighted by atomic mass is 16.5. The van der Waals surface area contributed by atoms with Crippen molar-refractivity contribution in [1.29, 1.82) is 0 Å². The summed E-state index contributed by atoms with van der Waals surface area (Å²) in [7, 11) is 1.85. The van der Waals surface area contributed by atoms with Gasteiger partial charge in [0.15, 0.2) is 0 Å². The summed E-state index contributed by atoms with van der Waals surface area (Å²) in [5.74, 6) is 0. The van der Waals surface area contributed by atoms with Crippen LogP contribution >= 0.6 is 0 Å². The molecule has 1 heterocycles. The van der Waals surface area contributed by atoms with Crippen molar-refractivity contribution in [3.8, 4) is 0 Å². The molecular weight excluding hydrogens is 224 g/mol. The zero-order valence-electron chi connectivity index (χ0n) is 12.2. The summed E-state index contributed by atoms with van der Waals surface area (Å²) >= 11 is 0. The van der Waals surface area contributed by atoms with Crippen LogP contribution in [0.3, 0.4) is 0 Å². The van der Waals surface area contributed by atoms with Crippen LogP contribution in [0.25, 0.3) is 0 Å². The first-order valence-corrected chi connectivity index (χ1v) is 7.74. The lowest BCUT2D eigenvalue weighted by Crippen LogP contribution is -2.42. The van der Waals surface area contributed by atoms with E-state index in [1.54, 1.807) is 0 Å². The predicted octanol–water partition coefficient (Wildman–Crippen LogP) is 2.27. The standard InChI is InChI=1S/C15H30N2O/c1-3-9-16-12-15(7-4-5-8-15)13-17-10-6-14(11-17)18-2/h14,16H,3-13H2,1-2H3. The fourth-order valence-corrected chi connectivity index (χ4v) is 3.65. The van der Waals surface area contributed by atoms with E-state index in [-0.39, 0.29) is 0 Å². The highest BCUT2D eigenvalue weighted by molar-refractivity contribution is 4.91. The quantitative estimate of drug-likeness (QED) is 0.705. The third-order valence-corrected chi connectivity index (χ3v) is 4.71. The van der Waals surface area contributed by atoms with E-state index in [9.17, 15) is 0 Å². The smallest absolute Gasteiger partial charge is 0.0710 e. The van der Waals surface area contributed by atoms with Crippen LogP contribution in [-0.4, -0.2) is 50.8 Å². The molecular formula is C15H30N2O. The van der Waals surface area contributed by atoms with Crippen molar-refractivity contribution in [3.05, 3.63) is 0 Å². The molecule has 1 saturated heterocycles. The molecule has 1 aliphatic carbocycles. The zero-order chi connectivity index (χ0) is 12.8. The van der Waals surface area contributed by atoms with Gasteiger partial charge in [0.1, 0.15) is 0 Å². The van der Waals surface area contributed by atoms with Gasteiger partial charge in [0, 0.05) is 33.3 Å². The fourth-order valence-electron chi connectivity index (χ4n) is 3.65. The van der Waals surface area contributed by atoms with Crippen molar-refractivity contribution in [2.45, 2.75) is 51.6 Å². The van der Waals surface area contributed by atoms with Gasteiger partial charge < -0.3 is 15.0 Å². The van der Waals surface area contributed by atoms with Crippen molar-refractivity contribution < 1.29 is 4.74 Å².